The normalized spacial score (nSPS) is 26.2. The molecule has 1 amide bonds. The number of ether oxygens (including phenoxy) is 2. The molecule has 0 radical (unpaired) electrons. The highest BCUT2D eigenvalue weighted by Gasteiger charge is 2.24. The van der Waals surface area contributed by atoms with E-state index in [9.17, 15) is 4.79 Å². The lowest BCUT2D eigenvalue weighted by Crippen LogP contribution is -2.51. The van der Waals surface area contributed by atoms with Gasteiger partial charge in [-0.2, -0.15) is 0 Å². The number of alkyl carbamates (subject to hydrolysis) is 1. The summed E-state index contributed by atoms with van der Waals surface area (Å²) in [5.74, 6) is 0. The predicted molar refractivity (Wildman–Crippen MR) is 61.4 cm³/mol. The zero-order valence-corrected chi connectivity index (χ0v) is 10.5. The summed E-state index contributed by atoms with van der Waals surface area (Å²) in [6.45, 7) is 7.15. The van der Waals surface area contributed by atoms with Crippen molar-refractivity contribution in [3.05, 3.63) is 0 Å². The predicted octanol–water partition coefficient (Wildman–Crippen LogP) is 0.888. The summed E-state index contributed by atoms with van der Waals surface area (Å²) in [7, 11) is 1.68. The second-order valence-electron chi connectivity index (χ2n) is 5.09. The number of methoxy groups -OCH3 is 1. The first-order chi connectivity index (χ1) is 7.40. The lowest BCUT2D eigenvalue weighted by Gasteiger charge is -2.30. The molecular weight excluding hydrogens is 208 g/mol. The Morgan fingerprint density at radius 2 is 2.06 bits per heavy atom. The van der Waals surface area contributed by atoms with Crippen LogP contribution in [-0.4, -0.2) is 44.0 Å². The number of rotatable bonds is 2. The topological polar surface area (TPSA) is 59.6 Å². The lowest BCUT2D eigenvalue weighted by atomic mass is 10.1. The standard InChI is InChI=1S/C11H22N2O3/c1-11(2,3)16-10(14)13-8-5-9(15-4)7-12-6-8/h8-9,12H,5-7H2,1-4H3,(H,13,14)/t8-,9-/m1/s1. The van der Waals surface area contributed by atoms with E-state index in [0.29, 0.717) is 0 Å². The Balaban J connectivity index is 2.33. The molecule has 1 saturated heterocycles. The second kappa shape index (κ2) is 5.50. The Bertz CT molecular complexity index is 238. The molecule has 1 rings (SSSR count). The van der Waals surface area contributed by atoms with E-state index in [-0.39, 0.29) is 18.2 Å². The summed E-state index contributed by atoms with van der Waals surface area (Å²) in [4.78, 5) is 11.5. The zero-order chi connectivity index (χ0) is 12.2. The minimum absolute atomic E-state index is 0.0774. The van der Waals surface area contributed by atoms with E-state index in [1.54, 1.807) is 7.11 Å². The summed E-state index contributed by atoms with van der Waals surface area (Å²) in [6, 6.07) is 0.0774. The van der Waals surface area contributed by atoms with Gasteiger partial charge in [-0.25, -0.2) is 4.79 Å². The fraction of sp³-hybridized carbons (Fsp3) is 0.909. The Morgan fingerprint density at radius 3 is 2.62 bits per heavy atom. The van der Waals surface area contributed by atoms with Crippen LogP contribution in [-0.2, 0) is 9.47 Å². The molecule has 1 aliphatic heterocycles. The summed E-state index contributed by atoms with van der Waals surface area (Å²) in [5, 5.41) is 6.04. The van der Waals surface area contributed by atoms with Crippen LogP contribution in [0.5, 0.6) is 0 Å². The molecule has 0 bridgehead atoms. The third-order valence-corrected chi connectivity index (χ3v) is 2.36. The van der Waals surface area contributed by atoms with E-state index in [0.717, 1.165) is 19.5 Å². The van der Waals surface area contributed by atoms with Crippen molar-refractivity contribution < 1.29 is 14.3 Å². The molecule has 5 nitrogen and oxygen atoms in total. The first-order valence-electron chi connectivity index (χ1n) is 5.64. The fourth-order valence-corrected chi connectivity index (χ4v) is 1.67. The molecule has 0 saturated carbocycles. The van der Waals surface area contributed by atoms with Crippen LogP contribution in [0, 0.1) is 0 Å². The van der Waals surface area contributed by atoms with E-state index in [4.69, 9.17) is 9.47 Å². The van der Waals surface area contributed by atoms with Crippen LogP contribution < -0.4 is 10.6 Å². The first-order valence-corrected chi connectivity index (χ1v) is 5.64. The average Bonchev–Trinajstić information content (AvgIpc) is 2.15. The minimum Gasteiger partial charge on any atom is -0.444 e. The third kappa shape index (κ3) is 4.81. The van der Waals surface area contributed by atoms with Crippen molar-refractivity contribution in [2.24, 2.45) is 0 Å². The molecule has 1 aliphatic rings. The summed E-state index contributed by atoms with van der Waals surface area (Å²) in [6.07, 6.45) is 0.618. The molecule has 1 heterocycles. The first kappa shape index (κ1) is 13.3. The van der Waals surface area contributed by atoms with Crippen molar-refractivity contribution in [3.63, 3.8) is 0 Å². The van der Waals surface area contributed by atoms with Crippen molar-refractivity contribution in [2.75, 3.05) is 20.2 Å². The molecule has 2 atom stereocenters. The highest BCUT2D eigenvalue weighted by molar-refractivity contribution is 5.68. The number of piperidine rings is 1. The Morgan fingerprint density at radius 1 is 1.38 bits per heavy atom. The number of hydrogen-bond acceptors (Lipinski definition) is 4. The largest absolute Gasteiger partial charge is 0.444 e. The fourth-order valence-electron chi connectivity index (χ4n) is 1.67. The summed E-state index contributed by atoms with van der Waals surface area (Å²) in [5.41, 5.74) is -0.452. The Kier molecular flexibility index (Phi) is 4.56. The van der Waals surface area contributed by atoms with Crippen LogP contribution in [0.3, 0.4) is 0 Å². The van der Waals surface area contributed by atoms with Gasteiger partial charge in [0.05, 0.1) is 6.10 Å². The van der Waals surface area contributed by atoms with Crippen molar-refractivity contribution in [3.8, 4) is 0 Å². The summed E-state index contributed by atoms with van der Waals surface area (Å²) < 4.78 is 10.4. The second-order valence-corrected chi connectivity index (χ2v) is 5.09. The molecule has 0 aromatic carbocycles. The van der Waals surface area contributed by atoms with Gasteiger partial charge in [0.1, 0.15) is 5.60 Å². The van der Waals surface area contributed by atoms with E-state index in [2.05, 4.69) is 10.6 Å². The monoisotopic (exact) mass is 230 g/mol. The van der Waals surface area contributed by atoms with Crippen molar-refractivity contribution in [1.82, 2.24) is 10.6 Å². The summed E-state index contributed by atoms with van der Waals surface area (Å²) >= 11 is 0. The molecule has 0 aliphatic carbocycles. The van der Waals surface area contributed by atoms with Gasteiger partial charge in [-0.1, -0.05) is 0 Å². The van der Waals surface area contributed by atoms with Gasteiger partial charge in [0.2, 0.25) is 0 Å². The molecule has 0 aromatic rings. The van der Waals surface area contributed by atoms with Gasteiger partial charge in [0, 0.05) is 26.2 Å². The highest BCUT2D eigenvalue weighted by Crippen LogP contribution is 2.09. The Labute approximate surface area is 96.9 Å². The van der Waals surface area contributed by atoms with E-state index in [1.165, 1.54) is 0 Å². The smallest absolute Gasteiger partial charge is 0.407 e. The molecule has 16 heavy (non-hydrogen) atoms. The van der Waals surface area contributed by atoms with Gasteiger partial charge in [0.25, 0.3) is 0 Å². The van der Waals surface area contributed by atoms with Gasteiger partial charge in [-0.05, 0) is 27.2 Å². The highest BCUT2D eigenvalue weighted by atomic mass is 16.6. The van der Waals surface area contributed by atoms with Gasteiger partial charge in [-0.3, -0.25) is 0 Å². The van der Waals surface area contributed by atoms with Gasteiger partial charge in [-0.15, -0.1) is 0 Å². The van der Waals surface area contributed by atoms with Crippen molar-refractivity contribution in [1.29, 1.82) is 0 Å². The number of nitrogens with one attached hydrogen (secondary N) is 2. The van der Waals surface area contributed by atoms with E-state index in [1.807, 2.05) is 20.8 Å². The molecular formula is C11H22N2O3. The molecule has 0 aromatic heterocycles. The van der Waals surface area contributed by atoms with Gasteiger partial charge in [0.15, 0.2) is 0 Å². The number of hydrogen-bond donors (Lipinski definition) is 2. The molecule has 5 heteroatoms. The van der Waals surface area contributed by atoms with Crippen LogP contribution >= 0.6 is 0 Å². The zero-order valence-electron chi connectivity index (χ0n) is 10.5. The minimum atomic E-state index is -0.452. The number of carbonyl (C=O) groups is 1. The van der Waals surface area contributed by atoms with Crippen LogP contribution in [0.2, 0.25) is 0 Å². The number of carbonyl (C=O) groups excluding carboxylic acids is 1. The van der Waals surface area contributed by atoms with E-state index < -0.39 is 5.60 Å². The quantitative estimate of drug-likeness (QED) is 0.739. The maximum absolute atomic E-state index is 11.5. The van der Waals surface area contributed by atoms with Gasteiger partial charge < -0.3 is 20.1 Å². The SMILES string of the molecule is CO[C@H]1CNC[C@H](NC(=O)OC(C)(C)C)C1. The molecule has 94 valence electrons. The average molecular weight is 230 g/mol. The third-order valence-electron chi connectivity index (χ3n) is 2.36. The van der Waals surface area contributed by atoms with Crippen molar-refractivity contribution >= 4 is 6.09 Å². The Hall–Kier alpha value is -0.810. The van der Waals surface area contributed by atoms with Crippen LogP contribution in [0.15, 0.2) is 0 Å². The van der Waals surface area contributed by atoms with Crippen molar-refractivity contribution in [2.45, 2.75) is 44.9 Å². The molecule has 0 spiro atoms. The maximum Gasteiger partial charge on any atom is 0.407 e. The van der Waals surface area contributed by atoms with E-state index >= 15 is 0 Å². The maximum atomic E-state index is 11.5. The molecule has 0 unspecified atom stereocenters. The van der Waals surface area contributed by atoms with Crippen LogP contribution in [0.4, 0.5) is 4.79 Å². The van der Waals surface area contributed by atoms with Crippen LogP contribution in [0.1, 0.15) is 27.2 Å². The number of amides is 1. The van der Waals surface area contributed by atoms with Crippen LogP contribution in [0.25, 0.3) is 0 Å². The molecule has 2 N–H and O–H groups in total. The molecule has 1 fully saturated rings. The van der Waals surface area contributed by atoms with Gasteiger partial charge >= 0.3 is 6.09 Å². The lowest BCUT2D eigenvalue weighted by molar-refractivity contribution is 0.0408.